The van der Waals surface area contributed by atoms with Gasteiger partial charge in [-0.2, -0.15) is 0 Å². The highest BCUT2D eigenvalue weighted by Crippen LogP contribution is 2.67. The van der Waals surface area contributed by atoms with Gasteiger partial charge in [-0.3, -0.25) is 9.59 Å². The van der Waals surface area contributed by atoms with E-state index in [4.69, 9.17) is 0 Å². The van der Waals surface area contributed by atoms with Crippen molar-refractivity contribution >= 4 is 11.6 Å². The van der Waals surface area contributed by atoms with Gasteiger partial charge in [0.2, 0.25) is 0 Å². The van der Waals surface area contributed by atoms with Crippen molar-refractivity contribution in [2.24, 2.45) is 34.5 Å². The maximum absolute atomic E-state index is 12.2. The lowest BCUT2D eigenvalue weighted by molar-refractivity contribution is -0.127. The third kappa shape index (κ3) is 2.22. The number of carbonyl (C=O) groups excluding carboxylic acids is 2. The first-order chi connectivity index (χ1) is 11.8. The van der Waals surface area contributed by atoms with Crippen LogP contribution in [0, 0.1) is 34.5 Å². The van der Waals surface area contributed by atoms with Gasteiger partial charge in [0.1, 0.15) is 5.78 Å². The Morgan fingerprint density at radius 3 is 2.56 bits per heavy atom. The van der Waals surface area contributed by atoms with Crippen molar-refractivity contribution in [3.05, 3.63) is 23.3 Å². The summed E-state index contributed by atoms with van der Waals surface area (Å²) in [6.07, 6.45) is 11.8. The average molecular weight is 341 g/mol. The van der Waals surface area contributed by atoms with Crippen molar-refractivity contribution in [3.8, 4) is 0 Å². The van der Waals surface area contributed by atoms with Crippen molar-refractivity contribution in [2.75, 3.05) is 0 Å². The van der Waals surface area contributed by atoms with Crippen LogP contribution in [0.1, 0.15) is 72.6 Å². The van der Waals surface area contributed by atoms with Crippen LogP contribution < -0.4 is 0 Å². The molecule has 136 valence electrons. The van der Waals surface area contributed by atoms with Gasteiger partial charge in [-0.15, -0.1) is 0 Å². The molecular weight excluding hydrogens is 308 g/mol. The Kier molecular flexibility index (Phi) is 3.90. The Morgan fingerprint density at radius 1 is 1.12 bits per heavy atom. The van der Waals surface area contributed by atoms with Gasteiger partial charge >= 0.3 is 0 Å². The summed E-state index contributed by atoms with van der Waals surface area (Å²) < 4.78 is 0. The lowest BCUT2D eigenvalue weighted by Gasteiger charge is -2.58. The summed E-state index contributed by atoms with van der Waals surface area (Å²) in [7, 11) is 0. The molecule has 0 saturated heterocycles. The van der Waals surface area contributed by atoms with Gasteiger partial charge in [0.25, 0.3) is 0 Å². The van der Waals surface area contributed by atoms with E-state index in [2.05, 4.69) is 20.8 Å². The van der Waals surface area contributed by atoms with Gasteiger partial charge < -0.3 is 0 Å². The monoisotopic (exact) mass is 340 g/mol. The second-order valence-corrected chi connectivity index (χ2v) is 9.50. The van der Waals surface area contributed by atoms with Crippen LogP contribution in [0.3, 0.4) is 0 Å². The molecule has 4 aliphatic rings. The largest absolute Gasteiger partial charge is 0.300 e. The third-order valence-electron chi connectivity index (χ3n) is 8.76. The van der Waals surface area contributed by atoms with Crippen LogP contribution in [-0.4, -0.2) is 11.6 Å². The average Bonchev–Trinajstić information content (AvgIpc) is 2.92. The van der Waals surface area contributed by atoms with E-state index >= 15 is 0 Å². The molecule has 0 aliphatic heterocycles. The molecule has 0 aromatic heterocycles. The van der Waals surface area contributed by atoms with E-state index in [1.807, 2.05) is 12.2 Å². The second-order valence-electron chi connectivity index (χ2n) is 9.50. The van der Waals surface area contributed by atoms with Crippen LogP contribution in [0.2, 0.25) is 0 Å². The molecule has 3 fully saturated rings. The molecule has 0 bridgehead atoms. The highest BCUT2D eigenvalue weighted by atomic mass is 16.1. The zero-order valence-electron chi connectivity index (χ0n) is 16.2. The van der Waals surface area contributed by atoms with Crippen molar-refractivity contribution in [3.63, 3.8) is 0 Å². The first kappa shape index (κ1) is 17.2. The topological polar surface area (TPSA) is 34.1 Å². The minimum Gasteiger partial charge on any atom is -0.300 e. The third-order valence-corrected chi connectivity index (χ3v) is 8.76. The zero-order chi connectivity index (χ0) is 18.0. The van der Waals surface area contributed by atoms with E-state index in [0.717, 1.165) is 19.3 Å². The number of ketones is 2. The van der Waals surface area contributed by atoms with Crippen LogP contribution in [-0.2, 0) is 9.59 Å². The summed E-state index contributed by atoms with van der Waals surface area (Å²) in [4.78, 5) is 24.4. The molecule has 4 rings (SSSR count). The second kappa shape index (κ2) is 5.66. The fraction of sp³-hybridized carbons (Fsp3) is 0.739. The Balaban J connectivity index is 1.72. The summed E-state index contributed by atoms with van der Waals surface area (Å²) in [6.45, 7) is 8.82. The molecule has 0 heterocycles. The fourth-order valence-corrected chi connectivity index (χ4v) is 7.57. The van der Waals surface area contributed by atoms with Crippen molar-refractivity contribution in [1.29, 1.82) is 0 Å². The smallest absolute Gasteiger partial charge is 0.178 e. The van der Waals surface area contributed by atoms with E-state index in [1.54, 1.807) is 6.92 Å². The molecule has 0 spiro atoms. The van der Waals surface area contributed by atoms with Crippen LogP contribution in [0.25, 0.3) is 0 Å². The van der Waals surface area contributed by atoms with Crippen LogP contribution in [0.5, 0.6) is 0 Å². The standard InChI is InChI=1S/C23H32O2/c1-5-15-12-17(25)13-16-6-7-18-20-9-8-19(14(2)24)22(20,3)11-10-21(18)23(15,16)4/h12-13,18-21H,5-11H2,1-4H3/t18-,19+,20-,21-,22+,23-/m0/s1. The quantitative estimate of drug-likeness (QED) is 0.685. The van der Waals surface area contributed by atoms with E-state index in [0.29, 0.717) is 23.5 Å². The molecule has 0 N–H and O–H groups in total. The minimum absolute atomic E-state index is 0.0845. The van der Waals surface area contributed by atoms with Gasteiger partial charge in [-0.05, 0) is 87.2 Å². The Morgan fingerprint density at radius 2 is 1.88 bits per heavy atom. The molecule has 0 unspecified atom stereocenters. The van der Waals surface area contributed by atoms with Gasteiger partial charge in [0.15, 0.2) is 5.78 Å². The highest BCUT2D eigenvalue weighted by Gasteiger charge is 2.60. The molecule has 0 radical (unpaired) electrons. The van der Waals surface area contributed by atoms with Crippen molar-refractivity contribution in [2.45, 2.75) is 72.6 Å². The summed E-state index contributed by atoms with van der Waals surface area (Å²) in [6, 6.07) is 0. The molecule has 0 amide bonds. The SMILES string of the molecule is CCC1=CC(=O)C=C2CC[C@@H]3[C@H](CC[C@]4(C)[C@@H](C(C)=O)CC[C@@H]34)[C@@]12C. The first-order valence-electron chi connectivity index (χ1n) is 10.3. The molecule has 4 aliphatic carbocycles. The van der Waals surface area contributed by atoms with E-state index in [-0.39, 0.29) is 22.5 Å². The molecule has 0 aromatic carbocycles. The Labute approximate surface area is 152 Å². The van der Waals surface area contributed by atoms with Crippen LogP contribution >= 0.6 is 0 Å². The number of rotatable bonds is 2. The summed E-state index contributed by atoms with van der Waals surface area (Å²) >= 11 is 0. The summed E-state index contributed by atoms with van der Waals surface area (Å²) in [5.41, 5.74) is 3.05. The Hall–Kier alpha value is -1.18. The van der Waals surface area contributed by atoms with E-state index in [9.17, 15) is 9.59 Å². The highest BCUT2D eigenvalue weighted by molar-refractivity contribution is 6.02. The number of fused-ring (bicyclic) bond motifs is 5. The van der Waals surface area contributed by atoms with Crippen LogP contribution in [0.4, 0.5) is 0 Å². The van der Waals surface area contributed by atoms with Gasteiger partial charge in [0, 0.05) is 11.3 Å². The lowest BCUT2D eigenvalue weighted by Crippen LogP contribution is -2.51. The molecule has 6 atom stereocenters. The maximum atomic E-state index is 12.2. The number of carbonyl (C=O) groups is 2. The van der Waals surface area contributed by atoms with Gasteiger partial charge in [0.05, 0.1) is 0 Å². The first-order valence-corrected chi connectivity index (χ1v) is 10.3. The van der Waals surface area contributed by atoms with Crippen molar-refractivity contribution in [1.82, 2.24) is 0 Å². The number of Topliss-reactive ketones (excluding diaryl/α,β-unsaturated/α-hetero) is 1. The molecule has 2 nitrogen and oxygen atoms in total. The van der Waals surface area contributed by atoms with Crippen LogP contribution in [0.15, 0.2) is 23.3 Å². The van der Waals surface area contributed by atoms with E-state index in [1.165, 1.54) is 36.8 Å². The number of allylic oxidation sites excluding steroid dienone is 4. The molecule has 25 heavy (non-hydrogen) atoms. The molecule has 3 saturated carbocycles. The zero-order valence-corrected chi connectivity index (χ0v) is 16.2. The van der Waals surface area contributed by atoms with Gasteiger partial charge in [-0.1, -0.05) is 31.9 Å². The minimum atomic E-state index is 0.0845. The number of hydrogen-bond donors (Lipinski definition) is 0. The Bertz CT molecular complexity index is 666. The summed E-state index contributed by atoms with van der Waals surface area (Å²) in [5, 5.41) is 0. The molecule has 0 aromatic rings. The lowest BCUT2D eigenvalue weighted by atomic mass is 9.46. The van der Waals surface area contributed by atoms with E-state index < -0.39 is 0 Å². The predicted octanol–water partition coefficient (Wildman–Crippen LogP) is 5.28. The number of hydrogen-bond acceptors (Lipinski definition) is 2. The van der Waals surface area contributed by atoms with Gasteiger partial charge in [-0.25, -0.2) is 0 Å². The normalized spacial score (nSPS) is 45.8. The van der Waals surface area contributed by atoms with Crippen molar-refractivity contribution < 1.29 is 9.59 Å². The molecular formula is C23H32O2. The molecule has 2 heteroatoms. The fourth-order valence-electron chi connectivity index (χ4n) is 7.57. The maximum Gasteiger partial charge on any atom is 0.178 e. The summed E-state index contributed by atoms with van der Waals surface area (Å²) in [5.74, 6) is 2.93. The predicted molar refractivity (Wildman–Crippen MR) is 100 cm³/mol.